The van der Waals surface area contributed by atoms with E-state index in [4.69, 9.17) is 0 Å². The van der Waals surface area contributed by atoms with Crippen LogP contribution < -0.4 is 5.32 Å². The summed E-state index contributed by atoms with van der Waals surface area (Å²) in [5.74, 6) is -0.592. The summed E-state index contributed by atoms with van der Waals surface area (Å²) in [6.45, 7) is -0.450. The summed E-state index contributed by atoms with van der Waals surface area (Å²) in [7, 11) is 3.18. The van der Waals surface area contributed by atoms with Crippen LogP contribution >= 0.6 is 0 Å². The van der Waals surface area contributed by atoms with Crippen molar-refractivity contribution in [1.29, 1.82) is 0 Å². The zero-order valence-electron chi connectivity index (χ0n) is 12.1. The molecule has 1 rings (SSSR count). The number of piperazine rings is 1. The summed E-state index contributed by atoms with van der Waals surface area (Å²) in [4.78, 5) is 26.8. The number of rotatable bonds is 5. The standard InChI is InChI=1S/C12H20F3N3O3/c1-17(2)11(20)9-7-16-4-5-18(9)10(19)3-6-21-8-12(13,14)15/h9,16H,3-8H2,1-2H3. The Labute approximate surface area is 121 Å². The molecule has 0 bridgehead atoms. The van der Waals surface area contributed by atoms with Crippen LogP contribution in [-0.4, -0.2) is 80.8 Å². The second-order valence-corrected chi connectivity index (χ2v) is 4.96. The van der Waals surface area contributed by atoms with E-state index in [1.807, 2.05) is 0 Å². The summed E-state index contributed by atoms with van der Waals surface area (Å²) in [5, 5.41) is 3.02. The maximum absolute atomic E-state index is 12.0. The summed E-state index contributed by atoms with van der Waals surface area (Å²) in [5.41, 5.74) is 0. The van der Waals surface area contributed by atoms with Gasteiger partial charge in [0.25, 0.3) is 0 Å². The number of hydrogen-bond acceptors (Lipinski definition) is 4. The zero-order chi connectivity index (χ0) is 16.0. The van der Waals surface area contributed by atoms with Gasteiger partial charge in [-0.15, -0.1) is 0 Å². The molecule has 1 fully saturated rings. The van der Waals surface area contributed by atoms with E-state index in [1.54, 1.807) is 14.1 Å². The topological polar surface area (TPSA) is 61.9 Å². The second kappa shape index (κ2) is 7.60. The Balaban J connectivity index is 2.48. The first kappa shape index (κ1) is 17.7. The average molecular weight is 311 g/mol. The van der Waals surface area contributed by atoms with E-state index in [9.17, 15) is 22.8 Å². The van der Waals surface area contributed by atoms with E-state index in [2.05, 4.69) is 10.1 Å². The van der Waals surface area contributed by atoms with E-state index in [0.717, 1.165) is 0 Å². The monoisotopic (exact) mass is 311 g/mol. The first-order chi connectivity index (χ1) is 9.72. The summed E-state index contributed by atoms with van der Waals surface area (Å²) < 4.78 is 40.2. The molecule has 1 unspecified atom stereocenters. The number of alkyl halides is 3. The van der Waals surface area contributed by atoms with Crippen molar-refractivity contribution in [1.82, 2.24) is 15.1 Å². The van der Waals surface area contributed by atoms with Crippen molar-refractivity contribution >= 4 is 11.8 Å². The Morgan fingerprint density at radius 1 is 1.38 bits per heavy atom. The van der Waals surface area contributed by atoms with Crippen LogP contribution in [0.5, 0.6) is 0 Å². The van der Waals surface area contributed by atoms with Gasteiger partial charge in [-0.2, -0.15) is 13.2 Å². The van der Waals surface area contributed by atoms with Gasteiger partial charge in [-0.3, -0.25) is 9.59 Å². The van der Waals surface area contributed by atoms with Crippen molar-refractivity contribution in [3.63, 3.8) is 0 Å². The highest BCUT2D eigenvalue weighted by Crippen LogP contribution is 2.15. The molecule has 1 heterocycles. The molecule has 0 aromatic heterocycles. The van der Waals surface area contributed by atoms with Gasteiger partial charge in [-0.05, 0) is 0 Å². The fraction of sp³-hybridized carbons (Fsp3) is 0.833. The molecule has 0 radical (unpaired) electrons. The van der Waals surface area contributed by atoms with Crippen LogP contribution in [0, 0.1) is 0 Å². The Kier molecular flexibility index (Phi) is 6.41. The highest BCUT2D eigenvalue weighted by molar-refractivity contribution is 5.88. The lowest BCUT2D eigenvalue weighted by atomic mass is 10.1. The maximum Gasteiger partial charge on any atom is 0.411 e. The van der Waals surface area contributed by atoms with Crippen LogP contribution in [0.15, 0.2) is 0 Å². The lowest BCUT2D eigenvalue weighted by Gasteiger charge is -2.36. The molecule has 1 aliphatic rings. The van der Waals surface area contributed by atoms with Crippen molar-refractivity contribution in [3.8, 4) is 0 Å². The van der Waals surface area contributed by atoms with E-state index < -0.39 is 18.8 Å². The van der Waals surface area contributed by atoms with Gasteiger partial charge in [0.15, 0.2) is 0 Å². The lowest BCUT2D eigenvalue weighted by molar-refractivity contribution is -0.175. The van der Waals surface area contributed by atoms with Crippen molar-refractivity contribution in [2.24, 2.45) is 0 Å². The van der Waals surface area contributed by atoms with Gasteiger partial charge in [0.2, 0.25) is 11.8 Å². The molecule has 9 heteroatoms. The predicted octanol–water partition coefficient (Wildman–Crippen LogP) is -0.156. The van der Waals surface area contributed by atoms with Gasteiger partial charge in [0.05, 0.1) is 13.0 Å². The van der Waals surface area contributed by atoms with Gasteiger partial charge >= 0.3 is 6.18 Å². The number of halogens is 3. The number of carbonyl (C=O) groups is 2. The highest BCUT2D eigenvalue weighted by Gasteiger charge is 2.33. The molecular weight excluding hydrogens is 291 g/mol. The van der Waals surface area contributed by atoms with Crippen LogP contribution in [0.1, 0.15) is 6.42 Å². The second-order valence-electron chi connectivity index (χ2n) is 4.96. The molecule has 122 valence electrons. The molecule has 1 saturated heterocycles. The smallest absolute Gasteiger partial charge is 0.372 e. The van der Waals surface area contributed by atoms with Crippen LogP contribution in [0.2, 0.25) is 0 Å². The number of carbonyl (C=O) groups excluding carboxylic acids is 2. The Morgan fingerprint density at radius 2 is 2.05 bits per heavy atom. The quantitative estimate of drug-likeness (QED) is 0.717. The Morgan fingerprint density at radius 3 is 2.62 bits per heavy atom. The molecule has 0 spiro atoms. The summed E-state index contributed by atoms with van der Waals surface area (Å²) in [6.07, 6.45) is -4.57. The lowest BCUT2D eigenvalue weighted by Crippen LogP contribution is -2.59. The molecule has 1 atom stereocenters. The minimum Gasteiger partial charge on any atom is -0.372 e. The van der Waals surface area contributed by atoms with E-state index in [0.29, 0.717) is 19.6 Å². The average Bonchev–Trinajstić information content (AvgIpc) is 2.41. The van der Waals surface area contributed by atoms with Crippen molar-refractivity contribution in [2.75, 3.05) is 46.9 Å². The number of hydrogen-bond donors (Lipinski definition) is 1. The molecule has 1 aliphatic heterocycles. The van der Waals surface area contributed by atoms with Gasteiger partial charge in [0.1, 0.15) is 12.6 Å². The molecule has 6 nitrogen and oxygen atoms in total. The molecule has 1 N–H and O–H groups in total. The van der Waals surface area contributed by atoms with E-state index in [1.165, 1.54) is 9.80 Å². The molecule has 0 aromatic rings. The van der Waals surface area contributed by atoms with Gasteiger partial charge in [0, 0.05) is 33.7 Å². The van der Waals surface area contributed by atoms with Crippen LogP contribution in [-0.2, 0) is 14.3 Å². The van der Waals surface area contributed by atoms with E-state index in [-0.39, 0.29) is 24.8 Å². The number of nitrogens with zero attached hydrogens (tertiary/aromatic N) is 2. The van der Waals surface area contributed by atoms with Crippen molar-refractivity contribution in [3.05, 3.63) is 0 Å². The van der Waals surface area contributed by atoms with Crippen molar-refractivity contribution < 1.29 is 27.5 Å². The minimum atomic E-state index is -4.40. The summed E-state index contributed by atoms with van der Waals surface area (Å²) >= 11 is 0. The van der Waals surface area contributed by atoms with Crippen LogP contribution in [0.3, 0.4) is 0 Å². The molecule has 21 heavy (non-hydrogen) atoms. The largest absolute Gasteiger partial charge is 0.411 e. The first-order valence-electron chi connectivity index (χ1n) is 6.58. The number of nitrogens with one attached hydrogen (secondary N) is 1. The zero-order valence-corrected chi connectivity index (χ0v) is 12.1. The third kappa shape index (κ3) is 5.88. The predicted molar refractivity (Wildman–Crippen MR) is 68.6 cm³/mol. The normalized spacial score (nSPS) is 19.5. The molecular formula is C12H20F3N3O3. The number of ether oxygens (including phenoxy) is 1. The van der Waals surface area contributed by atoms with Gasteiger partial charge in [-0.25, -0.2) is 0 Å². The first-order valence-corrected chi connectivity index (χ1v) is 6.58. The Bertz CT molecular complexity index is 374. The van der Waals surface area contributed by atoms with Crippen molar-refractivity contribution in [2.45, 2.75) is 18.6 Å². The molecule has 0 aliphatic carbocycles. The molecule has 0 saturated carbocycles. The maximum atomic E-state index is 12.0. The highest BCUT2D eigenvalue weighted by atomic mass is 19.4. The number of amides is 2. The Hall–Kier alpha value is -1.35. The summed E-state index contributed by atoms with van der Waals surface area (Å²) in [6, 6.07) is -0.621. The molecule has 0 aromatic carbocycles. The van der Waals surface area contributed by atoms with Gasteiger partial charge < -0.3 is 19.9 Å². The fourth-order valence-electron chi connectivity index (χ4n) is 2.01. The van der Waals surface area contributed by atoms with E-state index >= 15 is 0 Å². The molecule has 2 amide bonds. The van der Waals surface area contributed by atoms with Crippen LogP contribution in [0.25, 0.3) is 0 Å². The number of likely N-dealkylation sites (N-methyl/N-ethyl adjacent to an activating group) is 1. The minimum absolute atomic E-state index is 0.173. The van der Waals surface area contributed by atoms with Crippen LogP contribution in [0.4, 0.5) is 13.2 Å². The SMILES string of the molecule is CN(C)C(=O)C1CNCCN1C(=O)CCOCC(F)(F)F. The fourth-order valence-corrected chi connectivity index (χ4v) is 2.01. The van der Waals surface area contributed by atoms with Gasteiger partial charge in [-0.1, -0.05) is 0 Å². The third-order valence-electron chi connectivity index (χ3n) is 3.02. The third-order valence-corrected chi connectivity index (χ3v) is 3.02.